The number of nitro benzene ring substituents is 1. The summed E-state index contributed by atoms with van der Waals surface area (Å²) in [6.45, 7) is 12.0. The number of anilines is 2. The Kier molecular flexibility index (Phi) is 17.5. The van der Waals surface area contributed by atoms with E-state index in [1.807, 2.05) is 30.3 Å². The van der Waals surface area contributed by atoms with Gasteiger partial charge in [-0.3, -0.25) is 39.5 Å². The summed E-state index contributed by atoms with van der Waals surface area (Å²) >= 11 is 7.98. The van der Waals surface area contributed by atoms with Crippen LogP contribution in [-0.2, 0) is 26.2 Å². The van der Waals surface area contributed by atoms with Crippen molar-refractivity contribution in [2.75, 3.05) is 74.9 Å². The molecule has 3 saturated heterocycles. The number of thioether (sulfide) groups is 1. The van der Waals surface area contributed by atoms with Crippen LogP contribution in [0.5, 0.6) is 11.5 Å². The van der Waals surface area contributed by atoms with Crippen LogP contribution >= 0.6 is 23.4 Å². The number of unbranched alkanes of at least 4 members (excludes halogenated alkanes) is 1. The van der Waals surface area contributed by atoms with Gasteiger partial charge in [0.2, 0.25) is 11.8 Å². The fourth-order valence-electron chi connectivity index (χ4n) is 12.2. The molecule has 0 spiro atoms. The fraction of sp³-hybridized carbons (Fsp3) is 0.403. The topological polar surface area (TPSA) is 233 Å². The number of nitrogens with one attached hydrogen (secondary N) is 4. The molecule has 6 aromatic rings. The maximum absolute atomic E-state index is 14.2. The number of rotatable bonds is 20. The number of sulfonamides is 1. The van der Waals surface area contributed by atoms with Crippen molar-refractivity contribution in [1.82, 2.24) is 34.7 Å². The number of benzene rings is 4. The van der Waals surface area contributed by atoms with Gasteiger partial charge >= 0.3 is 0 Å². The van der Waals surface area contributed by atoms with Gasteiger partial charge in [0.05, 0.1) is 21.6 Å². The number of pyridine rings is 1. The molecule has 4 aromatic carbocycles. The van der Waals surface area contributed by atoms with Crippen LogP contribution in [0.4, 0.5) is 17.1 Å². The van der Waals surface area contributed by atoms with Crippen LogP contribution in [0.15, 0.2) is 119 Å². The van der Waals surface area contributed by atoms with E-state index in [1.165, 1.54) is 35.0 Å². The number of H-pyrrole nitrogens is 1. The number of imide groups is 1. The number of hydrogen-bond acceptors (Lipinski definition) is 15. The Morgan fingerprint density at radius 1 is 0.917 bits per heavy atom. The molecule has 3 fully saturated rings. The van der Waals surface area contributed by atoms with Gasteiger partial charge in [0.25, 0.3) is 27.5 Å². The Bertz CT molecular complexity index is 3650. The number of aromatic amines is 1. The van der Waals surface area contributed by atoms with Crippen molar-refractivity contribution < 1.29 is 37.3 Å². The molecule has 11 rings (SSSR count). The molecule has 84 heavy (non-hydrogen) atoms. The summed E-state index contributed by atoms with van der Waals surface area (Å²) in [6, 6.07) is 25.5. The van der Waals surface area contributed by atoms with E-state index in [9.17, 15) is 37.7 Å². The Morgan fingerprint density at radius 3 is 2.49 bits per heavy atom. The number of fused-ring (bicyclic) bond motifs is 2. The first-order valence-electron chi connectivity index (χ1n) is 28.8. The second kappa shape index (κ2) is 25.1. The molecule has 22 heteroatoms. The van der Waals surface area contributed by atoms with E-state index in [1.54, 1.807) is 53.2 Å². The molecule has 440 valence electrons. The van der Waals surface area contributed by atoms with Crippen molar-refractivity contribution >= 4 is 90.7 Å². The van der Waals surface area contributed by atoms with Crippen LogP contribution in [0, 0.1) is 21.4 Å². The lowest BCUT2D eigenvalue weighted by atomic mass is 9.72. The standard InChI is InChI=1S/C62H69ClN10O9S2/c1-62(2)22-18-43(50(35-62)41-8-10-44(63)11-9-41)38-70-27-29-71(30-28-70)45-12-14-49(55(33-45)82-46-32-42-19-23-64-58(42)66-37-46)59(75)68-84(80,81)47-13-15-52(54(34-47)73(78)79)65-36-40-20-25-69(26-21-40)24-3-4-31-83-56-7-5-6-48-51(56)39-72(61(48)77)53-16-17-57(74)67-60(53)76/h5-15,19,23,32-34,37,40,53,65H,3-4,16-18,20-22,24-31,35-36,38-39H2,1-2H3,(H,64,66)(H,68,75)(H,67,74,76). The molecule has 1 unspecified atom stereocenters. The number of carbonyl (C=O) groups excluding carboxylic acids is 4. The number of piperidine rings is 2. The Labute approximate surface area is 498 Å². The summed E-state index contributed by atoms with van der Waals surface area (Å²) in [5, 5.41) is 19.5. The molecule has 2 aromatic heterocycles. The minimum Gasteiger partial charge on any atom is -0.455 e. The van der Waals surface area contributed by atoms with E-state index in [2.05, 4.69) is 66.0 Å². The number of nitro groups is 1. The second-order valence-corrected chi connectivity index (χ2v) is 26.6. The van der Waals surface area contributed by atoms with E-state index in [4.69, 9.17) is 16.3 Å². The predicted molar refractivity (Wildman–Crippen MR) is 325 cm³/mol. The lowest BCUT2D eigenvalue weighted by Crippen LogP contribution is -2.52. The van der Waals surface area contributed by atoms with Crippen molar-refractivity contribution in [3.05, 3.63) is 146 Å². The van der Waals surface area contributed by atoms with Crippen molar-refractivity contribution in [1.29, 1.82) is 0 Å². The third-order valence-corrected chi connectivity index (χ3v) is 19.8. The number of aromatic nitrogens is 2. The van der Waals surface area contributed by atoms with Crippen molar-refractivity contribution in [3.63, 3.8) is 0 Å². The molecule has 0 radical (unpaired) electrons. The quantitative estimate of drug-likeness (QED) is 0.0183. The van der Waals surface area contributed by atoms with Crippen LogP contribution in [0.1, 0.15) is 103 Å². The molecule has 4 amide bonds. The minimum atomic E-state index is -4.62. The normalized spacial score (nSPS) is 18.9. The van der Waals surface area contributed by atoms with Crippen LogP contribution in [0.25, 0.3) is 16.6 Å². The first-order valence-corrected chi connectivity index (χ1v) is 31.7. The monoisotopic (exact) mass is 1200 g/mol. The summed E-state index contributed by atoms with van der Waals surface area (Å²) in [4.78, 5) is 80.3. The number of ether oxygens (including phenoxy) is 1. The van der Waals surface area contributed by atoms with Gasteiger partial charge in [-0.15, -0.1) is 11.8 Å². The summed E-state index contributed by atoms with van der Waals surface area (Å²) < 4.78 is 36.5. The van der Waals surface area contributed by atoms with Crippen molar-refractivity contribution in [2.24, 2.45) is 11.3 Å². The minimum absolute atomic E-state index is 0.0526. The van der Waals surface area contributed by atoms with Gasteiger partial charge in [0.1, 0.15) is 28.9 Å². The van der Waals surface area contributed by atoms with Crippen molar-refractivity contribution in [2.45, 2.75) is 94.0 Å². The molecule has 4 aliphatic heterocycles. The van der Waals surface area contributed by atoms with Gasteiger partial charge < -0.3 is 29.7 Å². The highest BCUT2D eigenvalue weighted by Crippen LogP contribution is 2.44. The number of nitrogens with zero attached hydrogens (tertiary/aromatic N) is 6. The molecule has 0 bridgehead atoms. The van der Waals surface area contributed by atoms with Gasteiger partial charge in [0, 0.05) is 97.1 Å². The maximum atomic E-state index is 14.2. The van der Waals surface area contributed by atoms with Gasteiger partial charge in [-0.25, -0.2) is 18.1 Å². The van der Waals surface area contributed by atoms with Crippen LogP contribution in [-0.4, -0.2) is 132 Å². The molecule has 19 nitrogen and oxygen atoms in total. The van der Waals surface area contributed by atoms with Gasteiger partial charge in [-0.1, -0.05) is 49.2 Å². The maximum Gasteiger partial charge on any atom is 0.293 e. The van der Waals surface area contributed by atoms with E-state index in [0.717, 1.165) is 123 Å². The number of halogens is 1. The fourth-order valence-corrected chi connectivity index (χ4v) is 14.4. The molecule has 4 N–H and O–H groups in total. The largest absolute Gasteiger partial charge is 0.455 e. The molecule has 5 aliphatic rings. The Hall–Kier alpha value is -7.30. The smallest absolute Gasteiger partial charge is 0.293 e. The van der Waals surface area contributed by atoms with Crippen LogP contribution in [0.3, 0.4) is 0 Å². The summed E-state index contributed by atoms with van der Waals surface area (Å²) in [6.07, 6.45) is 10.7. The molecule has 1 aliphatic carbocycles. The van der Waals surface area contributed by atoms with Crippen LogP contribution in [0.2, 0.25) is 5.02 Å². The van der Waals surface area contributed by atoms with Gasteiger partial charge in [-0.05, 0) is 165 Å². The number of hydrogen-bond donors (Lipinski definition) is 4. The zero-order valence-corrected chi connectivity index (χ0v) is 49.6. The highest BCUT2D eigenvalue weighted by atomic mass is 35.5. The van der Waals surface area contributed by atoms with E-state index in [-0.39, 0.29) is 46.6 Å². The number of amides is 4. The zero-order valence-electron chi connectivity index (χ0n) is 47.2. The van der Waals surface area contributed by atoms with E-state index < -0.39 is 43.4 Å². The lowest BCUT2D eigenvalue weighted by molar-refractivity contribution is -0.384. The number of carbonyl (C=O) groups is 4. The van der Waals surface area contributed by atoms with E-state index >= 15 is 0 Å². The SMILES string of the molecule is CC1(C)CCC(CN2CCN(c3ccc(C(=O)NS(=O)(=O)c4ccc(NCC5CCN(CCCCSc6cccc7c6CN(C6CCC(=O)NC6=O)C7=O)CC5)c([N+](=O)[O-])c4)c(Oc4cnc5[nH]ccc5c4)c3)CC2)=C(c2ccc(Cl)cc2)C1. The second-order valence-electron chi connectivity index (χ2n) is 23.3. The van der Waals surface area contributed by atoms with Gasteiger partial charge in [0.15, 0.2) is 0 Å². The highest BCUT2D eigenvalue weighted by molar-refractivity contribution is 7.99. The predicted octanol–water partition coefficient (Wildman–Crippen LogP) is 10.3. The first kappa shape index (κ1) is 58.5. The molecule has 1 atom stereocenters. The third-order valence-electron chi connectivity index (χ3n) is 17.0. The highest BCUT2D eigenvalue weighted by Gasteiger charge is 2.40. The summed E-state index contributed by atoms with van der Waals surface area (Å²) in [7, 11) is -4.62. The number of likely N-dealkylation sites (tertiary alicyclic amines) is 1. The Balaban J connectivity index is 0.681. The van der Waals surface area contributed by atoms with Crippen LogP contribution < -0.4 is 25.0 Å². The van der Waals surface area contributed by atoms with Gasteiger partial charge in [-0.2, -0.15) is 0 Å². The average molecular weight is 1200 g/mol. The first-order chi connectivity index (χ1) is 40.4. The number of piperazine rings is 1. The molecule has 0 saturated carbocycles. The summed E-state index contributed by atoms with van der Waals surface area (Å²) in [5.74, 6) is -0.317. The zero-order chi connectivity index (χ0) is 58.7. The summed E-state index contributed by atoms with van der Waals surface area (Å²) in [5.41, 5.74) is 6.97. The van der Waals surface area contributed by atoms with Crippen molar-refractivity contribution in [3.8, 4) is 11.5 Å². The lowest BCUT2D eigenvalue weighted by Gasteiger charge is -2.39. The third kappa shape index (κ3) is 13.4. The average Bonchev–Trinajstić information content (AvgIpc) is 2.72. The molecular formula is C62H69ClN10O9S2. The molecular weight excluding hydrogens is 1130 g/mol. The number of allylic oxidation sites excluding steroid dienone is 1. The molecule has 6 heterocycles. The van der Waals surface area contributed by atoms with E-state index in [0.29, 0.717) is 49.6 Å². The Morgan fingerprint density at radius 2 is 1.71 bits per heavy atom.